The van der Waals surface area contributed by atoms with E-state index in [4.69, 9.17) is 14.2 Å². The normalized spacial score (nSPS) is 14.0. The lowest BCUT2D eigenvalue weighted by atomic mass is 10.1. The third-order valence-electron chi connectivity index (χ3n) is 7.74. The summed E-state index contributed by atoms with van der Waals surface area (Å²) in [5.74, 6) is -1.82. The molecule has 8 nitrogen and oxygen atoms in total. The number of carbonyl (C=O) groups is 3. The number of likely N-dealkylation sites (N-methyl/N-ethyl adjacent to an activating group) is 1. The lowest BCUT2D eigenvalue weighted by molar-refractivity contribution is -0.889. The van der Waals surface area contributed by atoms with Crippen LogP contribution in [-0.4, -0.2) is 75.5 Å². The van der Waals surface area contributed by atoms with Gasteiger partial charge < -0.3 is 28.6 Å². The first-order valence-corrected chi connectivity index (χ1v) is 18.7. The quantitative estimate of drug-likeness (QED) is 0.0313. The highest BCUT2D eigenvalue weighted by molar-refractivity contribution is 5.70. The monoisotopic (exact) mass is 697 g/mol. The predicted molar refractivity (Wildman–Crippen MR) is 203 cm³/mol. The van der Waals surface area contributed by atoms with Gasteiger partial charge in [0.05, 0.1) is 40.3 Å². The summed E-state index contributed by atoms with van der Waals surface area (Å²) in [4.78, 5) is 36.5. The number of rotatable bonds is 31. The van der Waals surface area contributed by atoms with E-state index >= 15 is 0 Å². The Morgan fingerprint density at radius 3 is 1.66 bits per heavy atom. The topological polar surface area (TPSA) is 102 Å². The molecule has 0 rings (SSSR count). The van der Waals surface area contributed by atoms with Crippen LogP contribution in [-0.2, 0) is 28.6 Å². The fourth-order valence-corrected chi connectivity index (χ4v) is 4.82. The molecule has 0 fully saturated rings. The summed E-state index contributed by atoms with van der Waals surface area (Å²) >= 11 is 0. The molecule has 0 bridgehead atoms. The van der Waals surface area contributed by atoms with Crippen molar-refractivity contribution in [1.82, 2.24) is 0 Å². The first kappa shape index (κ1) is 46.5. The van der Waals surface area contributed by atoms with Crippen LogP contribution in [0.3, 0.4) is 0 Å². The summed E-state index contributed by atoms with van der Waals surface area (Å²) in [6.07, 6.45) is 40.5. The first-order valence-electron chi connectivity index (χ1n) is 18.7. The van der Waals surface area contributed by atoms with Crippen molar-refractivity contribution in [2.75, 3.05) is 41.0 Å². The number of hydrogen-bond donors (Lipinski definition) is 0. The van der Waals surface area contributed by atoms with Gasteiger partial charge in [0.2, 0.25) is 0 Å². The van der Waals surface area contributed by atoms with Crippen LogP contribution in [0, 0.1) is 0 Å². The molecule has 0 radical (unpaired) electrons. The van der Waals surface area contributed by atoms with Crippen molar-refractivity contribution in [3.05, 3.63) is 85.1 Å². The predicted octanol–water partition coefficient (Wildman–Crippen LogP) is 8.07. The second kappa shape index (κ2) is 32.7. The van der Waals surface area contributed by atoms with Gasteiger partial charge in [-0.2, -0.15) is 0 Å². The van der Waals surface area contributed by atoms with E-state index in [0.717, 1.165) is 44.9 Å². The summed E-state index contributed by atoms with van der Waals surface area (Å²) in [7, 11) is 5.36. The Morgan fingerprint density at radius 1 is 0.620 bits per heavy atom. The zero-order valence-electron chi connectivity index (χ0n) is 31.8. The Kier molecular flexibility index (Phi) is 30.4. The van der Waals surface area contributed by atoms with Crippen LogP contribution in [0.2, 0.25) is 0 Å². The molecule has 282 valence electrons. The number of quaternary nitrogens is 1. The zero-order valence-corrected chi connectivity index (χ0v) is 31.8. The van der Waals surface area contributed by atoms with Crippen LogP contribution in [0.5, 0.6) is 0 Å². The molecule has 0 aliphatic rings. The minimum atomic E-state index is -1.14. The average molecular weight is 698 g/mol. The van der Waals surface area contributed by atoms with Gasteiger partial charge in [0.25, 0.3) is 0 Å². The number of unbranched alkanes of at least 4 members (excludes halogenated alkanes) is 9. The van der Waals surface area contributed by atoms with Crippen LogP contribution in [0.1, 0.15) is 110 Å². The van der Waals surface area contributed by atoms with Crippen molar-refractivity contribution in [3.63, 3.8) is 0 Å². The van der Waals surface area contributed by atoms with Crippen molar-refractivity contribution in [3.8, 4) is 0 Å². The molecule has 0 heterocycles. The van der Waals surface area contributed by atoms with Crippen LogP contribution in [0.25, 0.3) is 0 Å². The Bertz CT molecular complexity index is 1090. The molecule has 0 aliphatic heterocycles. The highest BCUT2D eigenvalue weighted by Crippen LogP contribution is 2.12. The van der Waals surface area contributed by atoms with Crippen molar-refractivity contribution in [2.45, 2.75) is 122 Å². The molecular weight excluding hydrogens is 630 g/mol. The number of aliphatic carboxylic acids is 1. The summed E-state index contributed by atoms with van der Waals surface area (Å²) in [6.45, 7) is 4.38. The number of carboxylic acids is 1. The molecular formula is C42H67NO7. The maximum atomic E-state index is 12.5. The highest BCUT2D eigenvalue weighted by atomic mass is 16.6. The fourth-order valence-electron chi connectivity index (χ4n) is 4.82. The van der Waals surface area contributed by atoms with E-state index in [-0.39, 0.29) is 42.7 Å². The summed E-state index contributed by atoms with van der Waals surface area (Å²) < 4.78 is 17.0. The lowest BCUT2D eigenvalue weighted by Gasteiger charge is -2.34. The summed E-state index contributed by atoms with van der Waals surface area (Å²) in [5.41, 5.74) is 0. The molecule has 8 heteroatoms. The maximum Gasteiger partial charge on any atom is 0.306 e. The minimum absolute atomic E-state index is 0.0206. The summed E-state index contributed by atoms with van der Waals surface area (Å²) in [6, 6.07) is -0.734. The van der Waals surface area contributed by atoms with E-state index in [1.807, 2.05) is 72.9 Å². The van der Waals surface area contributed by atoms with Crippen LogP contribution in [0.15, 0.2) is 85.1 Å². The van der Waals surface area contributed by atoms with Gasteiger partial charge in [-0.05, 0) is 32.1 Å². The fraction of sp³-hybridized carbons (Fsp3) is 0.595. The molecule has 0 aromatic heterocycles. The Morgan fingerprint density at radius 2 is 1.12 bits per heavy atom. The first-order chi connectivity index (χ1) is 24.1. The Hall–Kier alpha value is -3.49. The van der Waals surface area contributed by atoms with Crippen LogP contribution < -0.4 is 5.11 Å². The van der Waals surface area contributed by atoms with Crippen LogP contribution in [0.4, 0.5) is 0 Å². The maximum absolute atomic E-state index is 12.5. The Labute approximate surface area is 303 Å². The van der Waals surface area contributed by atoms with Crippen molar-refractivity contribution in [1.29, 1.82) is 0 Å². The number of allylic oxidation sites excluding steroid dienone is 14. The third-order valence-corrected chi connectivity index (χ3v) is 7.74. The molecule has 0 saturated heterocycles. The molecule has 0 aromatic rings. The number of carboxylic acid groups (broad SMARTS) is 1. The number of carbonyl (C=O) groups excluding carboxylic acids is 3. The largest absolute Gasteiger partial charge is 0.544 e. The minimum Gasteiger partial charge on any atom is -0.544 e. The molecule has 0 saturated carbocycles. The standard InChI is InChI=1S/C42H67NO7/c1-6-8-10-12-14-15-16-17-18-19-20-21-22-23-24-25-27-28-30-32-40(44)49-37-38(36-48-35-34-39(42(46)47)43(3,4)5)50-41(45)33-31-29-26-13-11-9-7-2/h8,10,12,14-24,38-39H,6-7,9,11,13,25-37H2,1-5H3/b10-8+,14-12+,16-15+,18-17+,20-19+,22-21+,24-23+. The van der Waals surface area contributed by atoms with E-state index in [1.54, 1.807) is 21.1 Å². The van der Waals surface area contributed by atoms with Gasteiger partial charge in [-0.1, -0.05) is 144 Å². The highest BCUT2D eigenvalue weighted by Gasteiger charge is 2.25. The van der Waals surface area contributed by atoms with Gasteiger partial charge in [0, 0.05) is 19.3 Å². The molecule has 0 aliphatic carbocycles. The Balaban J connectivity index is 4.47. The van der Waals surface area contributed by atoms with E-state index in [2.05, 4.69) is 26.0 Å². The molecule has 50 heavy (non-hydrogen) atoms. The second-order valence-corrected chi connectivity index (χ2v) is 13.3. The smallest absolute Gasteiger partial charge is 0.306 e. The second-order valence-electron chi connectivity index (χ2n) is 13.3. The van der Waals surface area contributed by atoms with E-state index < -0.39 is 18.1 Å². The number of hydrogen-bond acceptors (Lipinski definition) is 7. The lowest BCUT2D eigenvalue weighted by Crippen LogP contribution is -2.55. The number of esters is 2. The molecule has 2 atom stereocenters. The van der Waals surface area contributed by atoms with Crippen molar-refractivity contribution in [2.24, 2.45) is 0 Å². The molecule has 0 aromatic carbocycles. The van der Waals surface area contributed by atoms with Gasteiger partial charge in [0.1, 0.15) is 12.6 Å². The van der Waals surface area contributed by atoms with Gasteiger partial charge in [-0.25, -0.2) is 0 Å². The van der Waals surface area contributed by atoms with Crippen molar-refractivity contribution >= 4 is 17.9 Å². The van der Waals surface area contributed by atoms with Gasteiger partial charge in [-0.3, -0.25) is 9.59 Å². The number of nitrogens with zero attached hydrogens (tertiary/aromatic N) is 1. The van der Waals surface area contributed by atoms with Crippen LogP contribution >= 0.6 is 0 Å². The molecule has 2 unspecified atom stereocenters. The zero-order chi connectivity index (χ0) is 37.1. The SMILES string of the molecule is CC/C=C/C=C/C=C/C=C/C=C/C=C/C=C/CCCCCC(=O)OCC(COCCC(C(=O)[O-])[N+](C)(C)C)OC(=O)CCCCCCCCC. The van der Waals surface area contributed by atoms with E-state index in [0.29, 0.717) is 19.3 Å². The van der Waals surface area contributed by atoms with E-state index in [9.17, 15) is 19.5 Å². The molecule has 0 amide bonds. The van der Waals surface area contributed by atoms with E-state index in [1.165, 1.54) is 25.7 Å². The average Bonchev–Trinajstić information content (AvgIpc) is 3.06. The van der Waals surface area contributed by atoms with Gasteiger partial charge in [-0.15, -0.1) is 0 Å². The van der Waals surface area contributed by atoms with Gasteiger partial charge >= 0.3 is 11.9 Å². The van der Waals surface area contributed by atoms with Gasteiger partial charge in [0.15, 0.2) is 6.10 Å². The molecule has 0 N–H and O–H groups in total. The molecule has 0 spiro atoms. The third kappa shape index (κ3) is 30.6. The number of ether oxygens (including phenoxy) is 3. The van der Waals surface area contributed by atoms with Crippen molar-refractivity contribution < 1.29 is 38.2 Å². The summed E-state index contributed by atoms with van der Waals surface area (Å²) in [5, 5.41) is 11.5.